The number of hydrogen-bond acceptors (Lipinski definition) is 2. The van der Waals surface area contributed by atoms with Crippen LogP contribution >= 0.6 is 0 Å². The van der Waals surface area contributed by atoms with Crippen LogP contribution in [-0.2, 0) is 9.53 Å². The van der Waals surface area contributed by atoms with Gasteiger partial charge in [-0.15, -0.1) is 0 Å². The van der Waals surface area contributed by atoms with Crippen LogP contribution in [0.2, 0.25) is 0 Å². The molecule has 2 fully saturated rings. The second-order valence-corrected chi connectivity index (χ2v) is 4.22. The molecule has 2 nitrogen and oxygen atoms in total. The molecule has 0 N–H and O–H groups in total. The summed E-state index contributed by atoms with van der Waals surface area (Å²) in [4.78, 5) is 11.0. The van der Waals surface area contributed by atoms with Gasteiger partial charge in [0.2, 0.25) is 0 Å². The Morgan fingerprint density at radius 1 is 1.42 bits per heavy atom. The minimum atomic E-state index is -0.0208. The van der Waals surface area contributed by atoms with Gasteiger partial charge in [-0.3, -0.25) is 4.79 Å². The topological polar surface area (TPSA) is 26.3 Å². The molecule has 3 atom stereocenters. The Kier molecular flexibility index (Phi) is 2.07. The third-order valence-corrected chi connectivity index (χ3v) is 3.54. The fraction of sp³-hybridized carbons (Fsp3) is 0.900. The Balaban J connectivity index is 1.86. The zero-order chi connectivity index (χ0) is 8.55. The van der Waals surface area contributed by atoms with E-state index in [1.165, 1.54) is 32.8 Å². The van der Waals surface area contributed by atoms with Crippen molar-refractivity contribution in [3.8, 4) is 0 Å². The van der Waals surface area contributed by atoms with Crippen molar-refractivity contribution in [1.82, 2.24) is 0 Å². The van der Waals surface area contributed by atoms with Crippen molar-refractivity contribution in [3.05, 3.63) is 0 Å². The van der Waals surface area contributed by atoms with E-state index in [0.717, 1.165) is 11.8 Å². The number of rotatable bonds is 2. The van der Waals surface area contributed by atoms with E-state index in [2.05, 4.69) is 4.74 Å². The SMILES string of the molecule is COC(=O)C[C@H]1C[C@H]2CC[C@@H]1C2. The molecule has 0 saturated heterocycles. The molecule has 0 unspecified atom stereocenters. The first-order valence-electron chi connectivity index (χ1n) is 4.86. The molecule has 2 saturated carbocycles. The van der Waals surface area contributed by atoms with E-state index in [9.17, 15) is 4.79 Å². The molecule has 2 bridgehead atoms. The largest absolute Gasteiger partial charge is 0.469 e. The Morgan fingerprint density at radius 3 is 2.75 bits per heavy atom. The standard InChI is InChI=1S/C10H16O2/c1-12-10(11)6-9-5-7-2-3-8(9)4-7/h7-9H,2-6H2,1H3/t7-,8+,9+/m0/s1. The molecule has 0 heterocycles. The lowest BCUT2D eigenvalue weighted by Crippen LogP contribution is -2.15. The normalized spacial score (nSPS) is 38.6. The van der Waals surface area contributed by atoms with Crippen LogP contribution in [0.25, 0.3) is 0 Å². The highest BCUT2D eigenvalue weighted by molar-refractivity contribution is 5.69. The van der Waals surface area contributed by atoms with Crippen LogP contribution in [0, 0.1) is 17.8 Å². The van der Waals surface area contributed by atoms with Gasteiger partial charge in [-0.05, 0) is 37.0 Å². The predicted molar refractivity (Wildman–Crippen MR) is 45.6 cm³/mol. The molecule has 0 radical (unpaired) electrons. The Hall–Kier alpha value is -0.530. The number of carbonyl (C=O) groups excluding carboxylic acids is 1. The van der Waals surface area contributed by atoms with Gasteiger partial charge in [0, 0.05) is 6.42 Å². The highest BCUT2D eigenvalue weighted by Gasteiger charge is 2.40. The van der Waals surface area contributed by atoms with Crippen LogP contribution in [0.5, 0.6) is 0 Å². The Morgan fingerprint density at radius 2 is 2.25 bits per heavy atom. The Labute approximate surface area is 73.3 Å². The molecule has 12 heavy (non-hydrogen) atoms. The fourth-order valence-electron chi connectivity index (χ4n) is 2.92. The van der Waals surface area contributed by atoms with E-state index in [0.29, 0.717) is 12.3 Å². The fourth-order valence-corrected chi connectivity index (χ4v) is 2.92. The minimum Gasteiger partial charge on any atom is -0.469 e. The number of methoxy groups -OCH3 is 1. The van der Waals surface area contributed by atoms with E-state index < -0.39 is 0 Å². The summed E-state index contributed by atoms with van der Waals surface area (Å²) in [5.41, 5.74) is 0. The predicted octanol–water partition coefficient (Wildman–Crippen LogP) is 1.99. The highest BCUT2D eigenvalue weighted by atomic mass is 16.5. The van der Waals surface area contributed by atoms with Gasteiger partial charge in [0.15, 0.2) is 0 Å². The molecule has 2 heteroatoms. The monoisotopic (exact) mass is 168 g/mol. The maximum atomic E-state index is 11.0. The minimum absolute atomic E-state index is 0.0208. The zero-order valence-corrected chi connectivity index (χ0v) is 7.58. The summed E-state index contributed by atoms with van der Waals surface area (Å²) in [6.07, 6.45) is 6.08. The summed E-state index contributed by atoms with van der Waals surface area (Å²) >= 11 is 0. The number of hydrogen-bond donors (Lipinski definition) is 0. The van der Waals surface area contributed by atoms with Crippen LogP contribution in [-0.4, -0.2) is 13.1 Å². The summed E-state index contributed by atoms with van der Waals surface area (Å²) in [6, 6.07) is 0. The quantitative estimate of drug-likeness (QED) is 0.589. The smallest absolute Gasteiger partial charge is 0.305 e. The van der Waals surface area contributed by atoms with Crippen molar-refractivity contribution in [1.29, 1.82) is 0 Å². The molecule has 0 spiro atoms. The maximum absolute atomic E-state index is 11.0. The van der Waals surface area contributed by atoms with Crippen LogP contribution in [0.3, 0.4) is 0 Å². The molecule has 0 aromatic carbocycles. The highest BCUT2D eigenvalue weighted by Crippen LogP contribution is 2.49. The van der Waals surface area contributed by atoms with Crippen molar-refractivity contribution in [2.45, 2.75) is 32.1 Å². The third-order valence-electron chi connectivity index (χ3n) is 3.54. The average molecular weight is 168 g/mol. The van der Waals surface area contributed by atoms with Crippen molar-refractivity contribution < 1.29 is 9.53 Å². The molecule has 0 aromatic rings. The van der Waals surface area contributed by atoms with Gasteiger partial charge in [-0.25, -0.2) is 0 Å². The first-order valence-corrected chi connectivity index (χ1v) is 4.86. The summed E-state index contributed by atoms with van der Waals surface area (Å²) in [5.74, 6) is 2.41. The molecular formula is C10H16O2. The van der Waals surface area contributed by atoms with Gasteiger partial charge < -0.3 is 4.74 Å². The molecular weight excluding hydrogens is 152 g/mol. The lowest BCUT2D eigenvalue weighted by Gasteiger charge is -2.19. The zero-order valence-electron chi connectivity index (χ0n) is 7.58. The molecule has 2 rings (SSSR count). The maximum Gasteiger partial charge on any atom is 0.305 e. The van der Waals surface area contributed by atoms with Gasteiger partial charge in [-0.2, -0.15) is 0 Å². The van der Waals surface area contributed by atoms with Crippen LogP contribution in [0.15, 0.2) is 0 Å². The van der Waals surface area contributed by atoms with Crippen LogP contribution in [0.4, 0.5) is 0 Å². The summed E-state index contributed by atoms with van der Waals surface area (Å²) in [7, 11) is 1.48. The van der Waals surface area contributed by atoms with Crippen molar-refractivity contribution in [2.75, 3.05) is 7.11 Å². The molecule has 0 aromatic heterocycles. The van der Waals surface area contributed by atoms with E-state index in [1.54, 1.807) is 0 Å². The van der Waals surface area contributed by atoms with Crippen LogP contribution < -0.4 is 0 Å². The second-order valence-electron chi connectivity index (χ2n) is 4.22. The van der Waals surface area contributed by atoms with Crippen molar-refractivity contribution in [2.24, 2.45) is 17.8 Å². The van der Waals surface area contributed by atoms with E-state index >= 15 is 0 Å². The first kappa shape index (κ1) is 8.09. The van der Waals surface area contributed by atoms with Gasteiger partial charge >= 0.3 is 5.97 Å². The molecule has 2 aliphatic rings. The summed E-state index contributed by atoms with van der Waals surface area (Å²) < 4.78 is 4.68. The Bertz CT molecular complexity index is 188. The van der Waals surface area contributed by atoms with E-state index in [4.69, 9.17) is 0 Å². The van der Waals surface area contributed by atoms with E-state index in [-0.39, 0.29) is 5.97 Å². The van der Waals surface area contributed by atoms with Crippen LogP contribution in [0.1, 0.15) is 32.1 Å². The number of ether oxygens (including phenoxy) is 1. The third kappa shape index (κ3) is 1.35. The molecule has 0 aliphatic heterocycles. The van der Waals surface area contributed by atoms with Crippen molar-refractivity contribution in [3.63, 3.8) is 0 Å². The molecule has 0 amide bonds. The number of fused-ring (bicyclic) bond motifs is 2. The summed E-state index contributed by atoms with van der Waals surface area (Å²) in [5, 5.41) is 0. The van der Waals surface area contributed by atoms with Gasteiger partial charge in [-0.1, -0.05) is 6.42 Å². The van der Waals surface area contributed by atoms with E-state index in [1.807, 2.05) is 0 Å². The van der Waals surface area contributed by atoms with Gasteiger partial charge in [0.05, 0.1) is 7.11 Å². The number of carbonyl (C=O) groups is 1. The average Bonchev–Trinajstić information content (AvgIpc) is 2.64. The van der Waals surface area contributed by atoms with Gasteiger partial charge in [0.1, 0.15) is 0 Å². The first-order chi connectivity index (χ1) is 5.79. The second kappa shape index (κ2) is 3.08. The number of esters is 1. The molecule has 68 valence electrons. The lowest BCUT2D eigenvalue weighted by molar-refractivity contribution is -0.142. The summed E-state index contributed by atoms with van der Waals surface area (Å²) in [6.45, 7) is 0. The lowest BCUT2D eigenvalue weighted by atomic mass is 9.86. The van der Waals surface area contributed by atoms with Crippen molar-refractivity contribution >= 4 is 5.97 Å². The van der Waals surface area contributed by atoms with Gasteiger partial charge in [0.25, 0.3) is 0 Å². The molecule has 2 aliphatic carbocycles.